The van der Waals surface area contributed by atoms with E-state index in [1.807, 2.05) is 18.2 Å². The fourth-order valence-corrected chi connectivity index (χ4v) is 2.14. The fraction of sp³-hybridized carbons (Fsp3) is 0.143. The van der Waals surface area contributed by atoms with Gasteiger partial charge in [-0.2, -0.15) is 0 Å². The summed E-state index contributed by atoms with van der Waals surface area (Å²) >= 11 is 5.73. The van der Waals surface area contributed by atoms with Gasteiger partial charge in [0.25, 0.3) is 0 Å². The molecule has 0 bridgehead atoms. The molecule has 0 saturated carbocycles. The maximum absolute atomic E-state index is 13.7. The zero-order valence-corrected chi connectivity index (χ0v) is 10.7. The van der Waals surface area contributed by atoms with Crippen LogP contribution in [0.1, 0.15) is 5.56 Å². The second kappa shape index (κ2) is 4.97. The third kappa shape index (κ3) is 2.31. The Morgan fingerprint density at radius 2 is 2.00 bits per heavy atom. The van der Waals surface area contributed by atoms with Gasteiger partial charge in [-0.05, 0) is 18.2 Å². The first-order valence-corrected chi connectivity index (χ1v) is 6.19. The Hall–Kier alpha value is -1.94. The molecule has 2 aromatic rings. The minimum absolute atomic E-state index is 0.0999. The van der Waals surface area contributed by atoms with Gasteiger partial charge < -0.3 is 14.8 Å². The van der Waals surface area contributed by atoms with Crippen LogP contribution in [0.2, 0.25) is 5.02 Å². The SMILES string of the molecule is Fc1c(Cl)cccc1NCc1cccc2c1OCO2. The highest BCUT2D eigenvalue weighted by molar-refractivity contribution is 6.31. The van der Waals surface area contributed by atoms with E-state index in [1.54, 1.807) is 12.1 Å². The first-order valence-electron chi connectivity index (χ1n) is 5.81. The predicted octanol–water partition coefficient (Wildman–Crippen LogP) is 3.82. The number of rotatable bonds is 3. The van der Waals surface area contributed by atoms with Crippen LogP contribution in [0, 0.1) is 5.82 Å². The molecule has 1 aliphatic heterocycles. The van der Waals surface area contributed by atoms with Crippen molar-refractivity contribution in [1.29, 1.82) is 0 Å². The zero-order valence-electron chi connectivity index (χ0n) is 9.95. The summed E-state index contributed by atoms with van der Waals surface area (Å²) in [4.78, 5) is 0. The summed E-state index contributed by atoms with van der Waals surface area (Å²) in [5.41, 5.74) is 1.28. The molecule has 2 aromatic carbocycles. The molecule has 98 valence electrons. The van der Waals surface area contributed by atoms with Crippen molar-refractivity contribution in [3.63, 3.8) is 0 Å². The van der Waals surface area contributed by atoms with Crippen LogP contribution in [0.15, 0.2) is 36.4 Å². The first kappa shape index (κ1) is 12.1. The Labute approximate surface area is 114 Å². The molecule has 0 amide bonds. The Balaban J connectivity index is 1.80. The van der Waals surface area contributed by atoms with Crippen LogP contribution in [0.25, 0.3) is 0 Å². The van der Waals surface area contributed by atoms with Crippen LogP contribution < -0.4 is 14.8 Å². The summed E-state index contributed by atoms with van der Waals surface area (Å²) in [6.07, 6.45) is 0. The summed E-state index contributed by atoms with van der Waals surface area (Å²) < 4.78 is 24.4. The summed E-state index contributed by atoms with van der Waals surface area (Å²) in [7, 11) is 0. The highest BCUT2D eigenvalue weighted by atomic mass is 35.5. The van der Waals surface area contributed by atoms with Crippen molar-refractivity contribution >= 4 is 17.3 Å². The number of para-hydroxylation sites is 1. The van der Waals surface area contributed by atoms with Crippen molar-refractivity contribution in [3.8, 4) is 11.5 Å². The lowest BCUT2D eigenvalue weighted by molar-refractivity contribution is 0.173. The van der Waals surface area contributed by atoms with Crippen molar-refractivity contribution in [2.75, 3.05) is 12.1 Å². The van der Waals surface area contributed by atoms with Crippen molar-refractivity contribution in [1.82, 2.24) is 0 Å². The van der Waals surface area contributed by atoms with E-state index in [4.69, 9.17) is 21.1 Å². The Morgan fingerprint density at radius 3 is 2.89 bits per heavy atom. The van der Waals surface area contributed by atoms with E-state index in [0.717, 1.165) is 5.56 Å². The Morgan fingerprint density at radius 1 is 1.16 bits per heavy atom. The van der Waals surface area contributed by atoms with Crippen molar-refractivity contribution in [2.45, 2.75) is 6.54 Å². The van der Waals surface area contributed by atoms with E-state index >= 15 is 0 Å². The molecule has 0 radical (unpaired) electrons. The standard InChI is InChI=1S/C14H11ClFNO2/c15-10-4-2-5-11(13(10)16)17-7-9-3-1-6-12-14(9)19-8-18-12/h1-6,17H,7-8H2. The van der Waals surface area contributed by atoms with Gasteiger partial charge in [-0.1, -0.05) is 29.8 Å². The van der Waals surface area contributed by atoms with E-state index in [9.17, 15) is 4.39 Å². The Bertz CT molecular complexity index is 618. The molecule has 1 N–H and O–H groups in total. The van der Waals surface area contributed by atoms with Gasteiger partial charge in [0.15, 0.2) is 17.3 Å². The molecular weight excluding hydrogens is 269 g/mol. The van der Waals surface area contributed by atoms with E-state index in [-0.39, 0.29) is 11.8 Å². The molecular formula is C14H11ClFNO2. The highest BCUT2D eigenvalue weighted by Gasteiger charge is 2.17. The zero-order chi connectivity index (χ0) is 13.2. The lowest BCUT2D eigenvalue weighted by Crippen LogP contribution is -2.03. The van der Waals surface area contributed by atoms with Crippen molar-refractivity contribution in [3.05, 3.63) is 52.8 Å². The molecule has 3 rings (SSSR count). The van der Waals surface area contributed by atoms with E-state index < -0.39 is 5.82 Å². The molecule has 1 aliphatic rings. The van der Waals surface area contributed by atoms with Crippen LogP contribution >= 0.6 is 11.6 Å². The van der Waals surface area contributed by atoms with Crippen LogP contribution in [0.3, 0.4) is 0 Å². The van der Waals surface area contributed by atoms with Gasteiger partial charge in [-0.15, -0.1) is 0 Å². The number of hydrogen-bond acceptors (Lipinski definition) is 3. The number of anilines is 1. The van der Waals surface area contributed by atoms with Gasteiger partial charge in [-0.25, -0.2) is 4.39 Å². The molecule has 0 aliphatic carbocycles. The number of nitrogens with one attached hydrogen (secondary N) is 1. The molecule has 19 heavy (non-hydrogen) atoms. The van der Waals surface area contributed by atoms with Gasteiger partial charge >= 0.3 is 0 Å². The molecule has 3 nitrogen and oxygen atoms in total. The Kier molecular flexibility index (Phi) is 3.17. The molecule has 5 heteroatoms. The van der Waals surface area contributed by atoms with Gasteiger partial charge in [0, 0.05) is 12.1 Å². The van der Waals surface area contributed by atoms with Crippen LogP contribution in [0.4, 0.5) is 10.1 Å². The molecule has 0 fully saturated rings. The largest absolute Gasteiger partial charge is 0.454 e. The lowest BCUT2D eigenvalue weighted by atomic mass is 10.2. The molecule has 0 saturated heterocycles. The van der Waals surface area contributed by atoms with Gasteiger partial charge in [0.2, 0.25) is 6.79 Å². The molecule has 0 spiro atoms. The average Bonchev–Trinajstić information content (AvgIpc) is 2.89. The minimum atomic E-state index is -0.450. The van der Waals surface area contributed by atoms with Gasteiger partial charge in [-0.3, -0.25) is 0 Å². The highest BCUT2D eigenvalue weighted by Crippen LogP contribution is 2.35. The molecule has 0 unspecified atom stereocenters. The van der Waals surface area contributed by atoms with Crippen molar-refractivity contribution < 1.29 is 13.9 Å². The van der Waals surface area contributed by atoms with Crippen LogP contribution in [-0.4, -0.2) is 6.79 Å². The summed E-state index contributed by atoms with van der Waals surface area (Å²) in [6.45, 7) is 0.654. The molecule has 1 heterocycles. The number of ether oxygens (including phenoxy) is 2. The molecule has 0 aromatic heterocycles. The maximum atomic E-state index is 13.7. The second-order valence-electron chi connectivity index (χ2n) is 4.11. The van der Waals surface area contributed by atoms with Crippen molar-refractivity contribution in [2.24, 2.45) is 0 Å². The number of hydrogen-bond donors (Lipinski definition) is 1. The van der Waals surface area contributed by atoms with Crippen LogP contribution in [-0.2, 0) is 6.54 Å². The van der Waals surface area contributed by atoms with Gasteiger partial charge in [0.1, 0.15) is 0 Å². The fourth-order valence-electron chi connectivity index (χ4n) is 1.96. The van der Waals surface area contributed by atoms with E-state index in [0.29, 0.717) is 23.7 Å². The third-order valence-corrected chi connectivity index (χ3v) is 3.19. The number of fused-ring (bicyclic) bond motifs is 1. The maximum Gasteiger partial charge on any atom is 0.231 e. The summed E-state index contributed by atoms with van der Waals surface area (Å²) in [5.74, 6) is 0.970. The topological polar surface area (TPSA) is 30.5 Å². The average molecular weight is 280 g/mol. The minimum Gasteiger partial charge on any atom is -0.454 e. The smallest absolute Gasteiger partial charge is 0.231 e. The normalized spacial score (nSPS) is 12.5. The van der Waals surface area contributed by atoms with Crippen LogP contribution in [0.5, 0.6) is 11.5 Å². The summed E-state index contributed by atoms with van der Waals surface area (Å²) in [5, 5.41) is 3.10. The predicted molar refractivity (Wildman–Crippen MR) is 71.3 cm³/mol. The third-order valence-electron chi connectivity index (χ3n) is 2.90. The first-order chi connectivity index (χ1) is 9.25. The van der Waals surface area contributed by atoms with E-state index in [1.165, 1.54) is 6.07 Å². The number of halogens is 2. The quantitative estimate of drug-likeness (QED) is 0.926. The lowest BCUT2D eigenvalue weighted by Gasteiger charge is -2.10. The second-order valence-corrected chi connectivity index (χ2v) is 4.51. The summed E-state index contributed by atoms with van der Waals surface area (Å²) in [6, 6.07) is 10.5. The molecule has 0 atom stereocenters. The van der Waals surface area contributed by atoms with Gasteiger partial charge in [0.05, 0.1) is 10.7 Å². The number of benzene rings is 2. The monoisotopic (exact) mass is 279 g/mol. The van der Waals surface area contributed by atoms with E-state index in [2.05, 4.69) is 5.32 Å².